The summed E-state index contributed by atoms with van der Waals surface area (Å²) in [6.07, 6.45) is 0.836. The second kappa shape index (κ2) is 10.6. The maximum Gasteiger partial charge on any atom is 0.324 e. The molecule has 1 heterocycles. The van der Waals surface area contributed by atoms with Crippen LogP contribution < -0.4 is 15.5 Å². The summed E-state index contributed by atoms with van der Waals surface area (Å²) in [6.45, 7) is 2.16. The molecule has 8 heteroatoms. The molecule has 1 fully saturated rings. The summed E-state index contributed by atoms with van der Waals surface area (Å²) in [5.74, 6) is 0. The lowest BCUT2D eigenvalue weighted by Gasteiger charge is -2.36. The van der Waals surface area contributed by atoms with E-state index >= 15 is 0 Å². The molecule has 33 heavy (non-hydrogen) atoms. The molecule has 1 aliphatic rings. The number of hydrogen-bond acceptors (Lipinski definition) is 2. The zero-order chi connectivity index (χ0) is 23.2. The Morgan fingerprint density at radius 2 is 1.70 bits per heavy atom. The Hall–Kier alpha value is -3.22. The highest BCUT2D eigenvalue weighted by Gasteiger charge is 2.27. The maximum atomic E-state index is 13.2. The highest BCUT2D eigenvalue weighted by Crippen LogP contribution is 2.26. The van der Waals surface area contributed by atoms with Crippen molar-refractivity contribution in [2.75, 3.05) is 23.3 Å². The Morgan fingerprint density at radius 3 is 2.48 bits per heavy atom. The molecule has 3 aromatic rings. The average molecular weight is 483 g/mol. The molecule has 4 amide bonds. The highest BCUT2D eigenvalue weighted by molar-refractivity contribution is 6.42. The first-order valence-electron chi connectivity index (χ1n) is 10.7. The minimum Gasteiger partial charge on any atom is -0.334 e. The van der Waals surface area contributed by atoms with Crippen molar-refractivity contribution in [1.29, 1.82) is 0 Å². The van der Waals surface area contributed by atoms with Crippen molar-refractivity contribution in [3.8, 4) is 0 Å². The summed E-state index contributed by atoms with van der Waals surface area (Å²) >= 11 is 12.1. The summed E-state index contributed by atoms with van der Waals surface area (Å²) in [4.78, 5) is 29.0. The van der Waals surface area contributed by atoms with Crippen LogP contribution in [-0.2, 0) is 13.1 Å². The van der Waals surface area contributed by atoms with Gasteiger partial charge in [0.2, 0.25) is 0 Å². The first-order valence-corrected chi connectivity index (χ1v) is 11.4. The van der Waals surface area contributed by atoms with Crippen molar-refractivity contribution in [1.82, 2.24) is 10.2 Å². The molecule has 0 radical (unpaired) electrons. The Morgan fingerprint density at radius 1 is 0.879 bits per heavy atom. The minimum absolute atomic E-state index is 0.0852. The van der Waals surface area contributed by atoms with E-state index in [0.29, 0.717) is 41.9 Å². The van der Waals surface area contributed by atoms with Crippen molar-refractivity contribution in [2.45, 2.75) is 19.5 Å². The highest BCUT2D eigenvalue weighted by atomic mass is 35.5. The molecule has 6 nitrogen and oxygen atoms in total. The predicted octanol–water partition coefficient (Wildman–Crippen LogP) is 6.15. The van der Waals surface area contributed by atoms with E-state index in [1.807, 2.05) is 54.6 Å². The van der Waals surface area contributed by atoms with E-state index in [-0.39, 0.29) is 12.1 Å². The third-order valence-electron chi connectivity index (χ3n) is 5.38. The lowest BCUT2D eigenvalue weighted by molar-refractivity contribution is 0.192. The molecule has 0 bridgehead atoms. The SMILES string of the molecule is O=C(NCc1ccccc1)Nc1cccc(N2CCCN(Cc3ccc(Cl)c(Cl)c3)C2=O)c1. The smallest absolute Gasteiger partial charge is 0.324 e. The zero-order valence-electron chi connectivity index (χ0n) is 17.9. The van der Waals surface area contributed by atoms with E-state index in [1.165, 1.54) is 0 Å². The van der Waals surface area contributed by atoms with E-state index in [1.54, 1.807) is 28.0 Å². The van der Waals surface area contributed by atoms with Crippen molar-refractivity contribution >= 4 is 46.6 Å². The Labute approximate surface area is 203 Å². The third kappa shape index (κ3) is 5.97. The average Bonchev–Trinajstić information content (AvgIpc) is 2.82. The molecular formula is C25H24Cl2N4O2. The zero-order valence-corrected chi connectivity index (χ0v) is 19.4. The third-order valence-corrected chi connectivity index (χ3v) is 6.12. The standard InChI is InChI=1S/C25H24Cl2N4O2/c26-22-11-10-19(14-23(22)27)17-30-12-5-13-31(25(30)33)21-9-4-8-20(15-21)29-24(32)28-16-18-6-2-1-3-7-18/h1-4,6-11,14-15H,5,12-13,16-17H2,(H2,28,29,32). The quantitative estimate of drug-likeness (QED) is 0.442. The van der Waals surface area contributed by atoms with Crippen LogP contribution in [-0.4, -0.2) is 30.1 Å². The normalized spacial score (nSPS) is 13.7. The summed E-state index contributed by atoms with van der Waals surface area (Å²) in [5.41, 5.74) is 3.29. The van der Waals surface area contributed by atoms with E-state index in [9.17, 15) is 9.59 Å². The fourth-order valence-electron chi connectivity index (χ4n) is 3.73. The van der Waals surface area contributed by atoms with Gasteiger partial charge in [0.1, 0.15) is 0 Å². The molecule has 2 N–H and O–H groups in total. The first kappa shape index (κ1) is 23.0. The van der Waals surface area contributed by atoms with E-state index in [0.717, 1.165) is 23.2 Å². The molecule has 0 atom stereocenters. The van der Waals surface area contributed by atoms with Gasteiger partial charge in [0, 0.05) is 37.6 Å². The van der Waals surface area contributed by atoms with Gasteiger partial charge in [-0.15, -0.1) is 0 Å². The van der Waals surface area contributed by atoms with Crippen LogP contribution in [0.3, 0.4) is 0 Å². The molecule has 3 aromatic carbocycles. The number of rotatable bonds is 6. The van der Waals surface area contributed by atoms with Gasteiger partial charge < -0.3 is 15.5 Å². The van der Waals surface area contributed by atoms with Gasteiger partial charge in [-0.05, 0) is 47.9 Å². The molecule has 0 spiro atoms. The number of carbonyl (C=O) groups excluding carboxylic acids is 2. The van der Waals surface area contributed by atoms with Crippen LogP contribution in [0, 0.1) is 0 Å². The molecule has 0 aromatic heterocycles. The molecule has 0 aliphatic carbocycles. The molecule has 0 unspecified atom stereocenters. The topological polar surface area (TPSA) is 64.7 Å². The number of amides is 4. The Balaban J connectivity index is 1.39. The lowest BCUT2D eigenvalue weighted by Crippen LogP contribution is -2.49. The minimum atomic E-state index is -0.304. The Bertz CT molecular complexity index is 1140. The molecule has 0 saturated carbocycles. The molecular weight excluding hydrogens is 459 g/mol. The van der Waals surface area contributed by atoms with Gasteiger partial charge in [-0.3, -0.25) is 4.90 Å². The summed E-state index contributed by atoms with van der Waals surface area (Å²) < 4.78 is 0. The monoisotopic (exact) mass is 482 g/mol. The number of carbonyl (C=O) groups is 2. The van der Waals surface area contributed by atoms with Gasteiger partial charge in [-0.1, -0.05) is 65.7 Å². The number of urea groups is 2. The second-order valence-corrected chi connectivity index (χ2v) is 8.62. The number of nitrogens with one attached hydrogen (secondary N) is 2. The van der Waals surface area contributed by atoms with Crippen LogP contribution in [0.2, 0.25) is 10.0 Å². The first-order chi connectivity index (χ1) is 16.0. The number of hydrogen-bond donors (Lipinski definition) is 2. The van der Waals surface area contributed by atoms with Crippen LogP contribution in [0.15, 0.2) is 72.8 Å². The number of nitrogens with zero attached hydrogens (tertiary/aromatic N) is 2. The van der Waals surface area contributed by atoms with Crippen molar-refractivity contribution < 1.29 is 9.59 Å². The summed E-state index contributed by atoms with van der Waals surface area (Å²) in [5, 5.41) is 6.64. The van der Waals surface area contributed by atoms with Crippen molar-refractivity contribution in [3.05, 3.63) is 94.0 Å². The molecule has 1 saturated heterocycles. The lowest BCUT2D eigenvalue weighted by atomic mass is 10.1. The molecule has 4 rings (SSSR count). The number of halogens is 2. The van der Waals surface area contributed by atoms with Crippen LogP contribution >= 0.6 is 23.2 Å². The van der Waals surface area contributed by atoms with Crippen LogP contribution in [0.4, 0.5) is 21.0 Å². The van der Waals surface area contributed by atoms with Gasteiger partial charge in [-0.2, -0.15) is 0 Å². The number of benzene rings is 3. The van der Waals surface area contributed by atoms with E-state index in [4.69, 9.17) is 23.2 Å². The van der Waals surface area contributed by atoms with Gasteiger partial charge in [-0.25, -0.2) is 9.59 Å². The fourth-order valence-corrected chi connectivity index (χ4v) is 4.05. The molecule has 1 aliphatic heterocycles. The van der Waals surface area contributed by atoms with E-state index < -0.39 is 0 Å². The van der Waals surface area contributed by atoms with Crippen molar-refractivity contribution in [3.63, 3.8) is 0 Å². The summed E-state index contributed by atoms with van der Waals surface area (Å²) in [7, 11) is 0. The fraction of sp³-hybridized carbons (Fsp3) is 0.200. The van der Waals surface area contributed by atoms with Crippen LogP contribution in [0.25, 0.3) is 0 Å². The largest absolute Gasteiger partial charge is 0.334 e. The summed E-state index contributed by atoms with van der Waals surface area (Å²) in [6, 6.07) is 22.0. The molecule has 170 valence electrons. The van der Waals surface area contributed by atoms with Gasteiger partial charge in [0.05, 0.1) is 10.0 Å². The maximum absolute atomic E-state index is 13.2. The van der Waals surface area contributed by atoms with E-state index in [2.05, 4.69) is 10.6 Å². The predicted molar refractivity (Wildman–Crippen MR) is 133 cm³/mol. The van der Waals surface area contributed by atoms with Gasteiger partial charge in [0.15, 0.2) is 0 Å². The van der Waals surface area contributed by atoms with Crippen molar-refractivity contribution in [2.24, 2.45) is 0 Å². The van der Waals surface area contributed by atoms with Gasteiger partial charge in [0.25, 0.3) is 0 Å². The Kier molecular flexibility index (Phi) is 7.37. The van der Waals surface area contributed by atoms with Crippen LogP contribution in [0.5, 0.6) is 0 Å². The second-order valence-electron chi connectivity index (χ2n) is 7.80. The van der Waals surface area contributed by atoms with Gasteiger partial charge >= 0.3 is 12.1 Å². The van der Waals surface area contributed by atoms with Crippen LogP contribution in [0.1, 0.15) is 17.5 Å². The number of anilines is 2.